The first-order valence-electron chi connectivity index (χ1n) is 7.25. The van der Waals surface area contributed by atoms with Crippen LogP contribution in [0.3, 0.4) is 0 Å². The summed E-state index contributed by atoms with van der Waals surface area (Å²) in [4.78, 5) is 36.9. The minimum Gasteiger partial charge on any atom is -0.478 e. The molecule has 0 aliphatic carbocycles. The van der Waals surface area contributed by atoms with E-state index in [2.05, 4.69) is 4.84 Å². The molecule has 0 unspecified atom stereocenters. The Kier molecular flexibility index (Phi) is 5.67. The number of hydrogen-bond acceptors (Lipinski definition) is 6. The molecule has 8 heteroatoms. The zero-order valence-corrected chi connectivity index (χ0v) is 13.3. The van der Waals surface area contributed by atoms with Crippen molar-refractivity contribution < 1.29 is 29.4 Å². The molecule has 0 aliphatic rings. The molecule has 0 bridgehead atoms. The molecule has 0 saturated carbocycles. The van der Waals surface area contributed by atoms with Gasteiger partial charge in [-0.25, -0.2) is 4.79 Å². The summed E-state index contributed by atoms with van der Waals surface area (Å²) in [6, 6.07) is 11.2. The van der Waals surface area contributed by atoms with Gasteiger partial charge in [-0.3, -0.25) is 4.79 Å². The molecule has 0 fully saturated rings. The molecule has 0 heterocycles. The molecule has 1 N–H and O–H groups in total. The largest absolute Gasteiger partial charge is 0.478 e. The molecule has 25 heavy (non-hydrogen) atoms. The minimum absolute atomic E-state index is 0.155. The summed E-state index contributed by atoms with van der Waals surface area (Å²) >= 11 is 0. The second kappa shape index (κ2) is 7.91. The lowest BCUT2D eigenvalue weighted by Gasteiger charge is -2.11. The topological polar surface area (TPSA) is 116 Å². The Labute approximate surface area is 142 Å². The van der Waals surface area contributed by atoms with E-state index >= 15 is 0 Å². The first kappa shape index (κ1) is 17.9. The van der Waals surface area contributed by atoms with E-state index in [1.165, 1.54) is 25.1 Å². The number of carboxylic acid groups (broad SMARTS) is 1. The van der Waals surface area contributed by atoms with Crippen molar-refractivity contribution in [2.24, 2.45) is 0 Å². The van der Waals surface area contributed by atoms with Crippen molar-refractivity contribution in [1.82, 2.24) is 0 Å². The summed E-state index contributed by atoms with van der Waals surface area (Å²) < 4.78 is 5.16. The Morgan fingerprint density at radius 3 is 2.56 bits per heavy atom. The third-order valence-electron chi connectivity index (χ3n) is 3.29. The number of nitrogens with zero attached hydrogens (tertiary/aromatic N) is 1. The van der Waals surface area contributed by atoms with Crippen molar-refractivity contribution in [3.8, 4) is 5.75 Å². The SMILES string of the molecule is CC(=O)Oc1cc(CO[N+](=O)[O-])ccc1Cc1cccc(C(=O)O)c1. The van der Waals surface area contributed by atoms with Crippen LogP contribution in [0.15, 0.2) is 42.5 Å². The van der Waals surface area contributed by atoms with Crippen LogP contribution in [-0.2, 0) is 22.7 Å². The molecule has 0 atom stereocenters. The number of rotatable bonds is 7. The number of carbonyl (C=O) groups is 2. The van der Waals surface area contributed by atoms with Gasteiger partial charge in [0.25, 0.3) is 5.09 Å². The maximum Gasteiger partial charge on any atom is 0.335 e. The van der Waals surface area contributed by atoms with Crippen molar-refractivity contribution in [1.29, 1.82) is 0 Å². The standard InChI is InChI=1S/C17H15NO7/c1-11(19)25-16-9-13(10-24-18(22)23)5-6-14(16)7-12-3-2-4-15(8-12)17(20)21/h2-6,8-9H,7,10H2,1H3,(H,20,21). The number of aromatic carboxylic acids is 1. The molecule has 0 aliphatic heterocycles. The summed E-state index contributed by atoms with van der Waals surface area (Å²) in [5, 5.41) is 18.4. The maximum atomic E-state index is 11.3. The summed E-state index contributed by atoms with van der Waals surface area (Å²) in [6.45, 7) is 0.977. The lowest BCUT2D eigenvalue weighted by molar-refractivity contribution is -0.763. The molecular weight excluding hydrogens is 330 g/mol. The predicted molar refractivity (Wildman–Crippen MR) is 85.7 cm³/mol. The Morgan fingerprint density at radius 2 is 1.92 bits per heavy atom. The van der Waals surface area contributed by atoms with Gasteiger partial charge in [-0.1, -0.05) is 24.3 Å². The van der Waals surface area contributed by atoms with E-state index in [1.54, 1.807) is 24.3 Å². The third-order valence-corrected chi connectivity index (χ3v) is 3.29. The molecule has 0 saturated heterocycles. The van der Waals surface area contributed by atoms with Gasteiger partial charge in [-0.2, -0.15) is 0 Å². The minimum atomic E-state index is -1.03. The van der Waals surface area contributed by atoms with Crippen molar-refractivity contribution in [2.75, 3.05) is 0 Å². The average molecular weight is 345 g/mol. The van der Waals surface area contributed by atoms with Gasteiger partial charge >= 0.3 is 11.9 Å². The zero-order chi connectivity index (χ0) is 18.4. The Bertz CT molecular complexity index is 816. The van der Waals surface area contributed by atoms with Crippen molar-refractivity contribution in [3.63, 3.8) is 0 Å². The lowest BCUT2D eigenvalue weighted by atomic mass is 10.0. The normalized spacial score (nSPS) is 10.1. The molecule has 2 aromatic carbocycles. The summed E-state index contributed by atoms with van der Waals surface area (Å²) in [5.74, 6) is -1.32. The van der Waals surface area contributed by atoms with E-state index in [0.717, 1.165) is 5.56 Å². The van der Waals surface area contributed by atoms with E-state index in [0.29, 0.717) is 17.5 Å². The van der Waals surface area contributed by atoms with Gasteiger partial charge in [0, 0.05) is 13.3 Å². The van der Waals surface area contributed by atoms with Gasteiger partial charge in [0.1, 0.15) is 12.4 Å². The van der Waals surface area contributed by atoms with Crippen molar-refractivity contribution in [3.05, 3.63) is 74.8 Å². The van der Waals surface area contributed by atoms with Gasteiger partial charge in [-0.15, -0.1) is 10.1 Å². The van der Waals surface area contributed by atoms with Crippen molar-refractivity contribution >= 4 is 11.9 Å². The highest BCUT2D eigenvalue weighted by molar-refractivity contribution is 5.87. The zero-order valence-electron chi connectivity index (χ0n) is 13.3. The van der Waals surface area contributed by atoms with Crippen LogP contribution >= 0.6 is 0 Å². The third kappa shape index (κ3) is 5.31. The lowest BCUT2D eigenvalue weighted by Crippen LogP contribution is -2.06. The van der Waals surface area contributed by atoms with E-state index in [9.17, 15) is 19.7 Å². The van der Waals surface area contributed by atoms with Crippen LogP contribution in [-0.4, -0.2) is 22.1 Å². The number of carboxylic acids is 1. The number of carbonyl (C=O) groups excluding carboxylic acids is 1. The van der Waals surface area contributed by atoms with Crippen LogP contribution in [0, 0.1) is 10.1 Å². The monoisotopic (exact) mass is 345 g/mol. The quantitative estimate of drug-likeness (QED) is 0.355. The number of esters is 1. The van der Waals surface area contributed by atoms with Crippen LogP contribution in [0.25, 0.3) is 0 Å². The fraction of sp³-hybridized carbons (Fsp3) is 0.176. The fourth-order valence-corrected chi connectivity index (χ4v) is 2.25. The van der Waals surface area contributed by atoms with Gasteiger partial charge in [-0.05, 0) is 34.9 Å². The first-order valence-corrected chi connectivity index (χ1v) is 7.25. The Morgan fingerprint density at radius 1 is 1.16 bits per heavy atom. The first-order chi connectivity index (χ1) is 11.8. The van der Waals surface area contributed by atoms with Crippen LogP contribution < -0.4 is 4.74 Å². The maximum absolute atomic E-state index is 11.3. The Balaban J connectivity index is 2.29. The number of hydrogen-bond donors (Lipinski definition) is 1. The highest BCUT2D eigenvalue weighted by Crippen LogP contribution is 2.25. The smallest absolute Gasteiger partial charge is 0.335 e. The van der Waals surface area contributed by atoms with Crippen LogP contribution in [0.5, 0.6) is 5.75 Å². The van der Waals surface area contributed by atoms with E-state index in [-0.39, 0.29) is 17.9 Å². The summed E-state index contributed by atoms with van der Waals surface area (Å²) in [6.07, 6.45) is 0.333. The molecule has 130 valence electrons. The molecule has 0 radical (unpaired) electrons. The molecule has 0 amide bonds. The highest BCUT2D eigenvalue weighted by Gasteiger charge is 2.11. The molecule has 2 aromatic rings. The van der Waals surface area contributed by atoms with Gasteiger partial charge in [0.15, 0.2) is 0 Å². The van der Waals surface area contributed by atoms with E-state index in [1.807, 2.05) is 0 Å². The van der Waals surface area contributed by atoms with Gasteiger partial charge in [0.2, 0.25) is 0 Å². The average Bonchev–Trinajstić information content (AvgIpc) is 2.54. The number of ether oxygens (including phenoxy) is 1. The fourth-order valence-electron chi connectivity index (χ4n) is 2.25. The van der Waals surface area contributed by atoms with Crippen LogP contribution in [0.1, 0.15) is 34.0 Å². The second-order valence-electron chi connectivity index (χ2n) is 5.22. The summed E-state index contributed by atoms with van der Waals surface area (Å²) in [7, 11) is 0. The van der Waals surface area contributed by atoms with Gasteiger partial charge < -0.3 is 14.7 Å². The van der Waals surface area contributed by atoms with E-state index < -0.39 is 17.0 Å². The molecular formula is C17H15NO7. The van der Waals surface area contributed by atoms with Crippen LogP contribution in [0.2, 0.25) is 0 Å². The molecule has 2 rings (SSSR count). The molecule has 0 spiro atoms. The molecule has 0 aromatic heterocycles. The summed E-state index contributed by atoms with van der Waals surface area (Å²) in [5.41, 5.74) is 1.99. The van der Waals surface area contributed by atoms with E-state index in [4.69, 9.17) is 9.84 Å². The van der Waals surface area contributed by atoms with Crippen LogP contribution in [0.4, 0.5) is 0 Å². The highest BCUT2D eigenvalue weighted by atomic mass is 16.9. The predicted octanol–water partition coefficient (Wildman–Crippen LogP) is 2.61. The molecule has 8 nitrogen and oxygen atoms in total. The van der Waals surface area contributed by atoms with Gasteiger partial charge in [0.05, 0.1) is 5.56 Å². The second-order valence-corrected chi connectivity index (χ2v) is 5.22. The Hall–Kier alpha value is -3.42. The number of benzene rings is 2. The van der Waals surface area contributed by atoms with Crippen molar-refractivity contribution in [2.45, 2.75) is 20.0 Å².